The SMILES string of the molecule is Cc1[nH]c(-c2ccncc2)nc1CCOc1ccc(CCC(=O)O)c(CNC(=O)c2ccccn2)c1. The second-order valence-corrected chi connectivity index (χ2v) is 8.21. The summed E-state index contributed by atoms with van der Waals surface area (Å²) in [6.45, 7) is 2.62. The number of aromatic nitrogens is 4. The quantitative estimate of drug-likeness (QED) is 0.295. The average Bonchev–Trinajstić information content (AvgIpc) is 3.27. The number of ether oxygens (including phenoxy) is 1. The number of amides is 1. The lowest BCUT2D eigenvalue weighted by Gasteiger charge is -2.13. The van der Waals surface area contributed by atoms with Crippen LogP contribution < -0.4 is 10.1 Å². The van der Waals surface area contributed by atoms with Crippen LogP contribution in [-0.4, -0.2) is 43.5 Å². The molecule has 0 saturated carbocycles. The predicted molar refractivity (Wildman–Crippen MR) is 134 cm³/mol. The summed E-state index contributed by atoms with van der Waals surface area (Å²) in [5, 5.41) is 11.9. The maximum atomic E-state index is 12.4. The van der Waals surface area contributed by atoms with E-state index in [1.807, 2.05) is 37.3 Å². The third kappa shape index (κ3) is 6.53. The number of nitrogens with zero attached hydrogens (tertiary/aromatic N) is 3. The monoisotopic (exact) mass is 485 g/mol. The zero-order valence-electron chi connectivity index (χ0n) is 19.9. The van der Waals surface area contributed by atoms with Gasteiger partial charge in [-0.05, 0) is 60.9 Å². The van der Waals surface area contributed by atoms with Crippen molar-refractivity contribution in [2.45, 2.75) is 32.7 Å². The highest BCUT2D eigenvalue weighted by Crippen LogP contribution is 2.21. The fourth-order valence-electron chi connectivity index (χ4n) is 3.76. The van der Waals surface area contributed by atoms with Gasteiger partial charge in [0.15, 0.2) is 0 Å². The van der Waals surface area contributed by atoms with Crippen LogP contribution in [0.15, 0.2) is 67.1 Å². The Morgan fingerprint density at radius 1 is 1.03 bits per heavy atom. The van der Waals surface area contributed by atoms with Crippen molar-refractivity contribution >= 4 is 11.9 Å². The highest BCUT2D eigenvalue weighted by Gasteiger charge is 2.12. The van der Waals surface area contributed by atoms with Crippen LogP contribution in [-0.2, 0) is 24.2 Å². The summed E-state index contributed by atoms with van der Waals surface area (Å²) in [7, 11) is 0. The van der Waals surface area contributed by atoms with E-state index in [4.69, 9.17) is 9.84 Å². The Labute approximate surface area is 208 Å². The molecule has 184 valence electrons. The molecule has 0 unspecified atom stereocenters. The Balaban J connectivity index is 1.41. The second kappa shape index (κ2) is 11.7. The molecule has 1 aromatic carbocycles. The van der Waals surface area contributed by atoms with Gasteiger partial charge in [-0.3, -0.25) is 19.6 Å². The molecule has 0 saturated heterocycles. The van der Waals surface area contributed by atoms with Crippen molar-refractivity contribution in [3.8, 4) is 17.1 Å². The largest absolute Gasteiger partial charge is 0.493 e. The lowest BCUT2D eigenvalue weighted by Crippen LogP contribution is -2.24. The van der Waals surface area contributed by atoms with Gasteiger partial charge in [0, 0.05) is 49.2 Å². The molecule has 3 aromatic heterocycles. The van der Waals surface area contributed by atoms with Crippen molar-refractivity contribution in [2.75, 3.05) is 6.61 Å². The van der Waals surface area contributed by atoms with Gasteiger partial charge in [0.25, 0.3) is 5.91 Å². The van der Waals surface area contributed by atoms with Crippen molar-refractivity contribution in [1.82, 2.24) is 25.3 Å². The van der Waals surface area contributed by atoms with Gasteiger partial charge in [0.2, 0.25) is 0 Å². The molecule has 9 heteroatoms. The standard InChI is InChI=1S/C27H27N5O4/c1-18-23(32-26(31-18)20-9-13-28-14-10-20)11-15-36-22-7-5-19(6-8-25(33)34)21(16-22)17-30-27(35)24-4-2-3-12-29-24/h2-5,7,9-10,12-14,16H,6,8,11,15,17H2,1H3,(H,30,35)(H,31,32)(H,33,34). The zero-order valence-corrected chi connectivity index (χ0v) is 19.9. The topological polar surface area (TPSA) is 130 Å². The number of hydrogen-bond acceptors (Lipinski definition) is 6. The molecule has 0 aliphatic carbocycles. The predicted octanol–water partition coefficient (Wildman–Crippen LogP) is 3.74. The molecule has 0 fully saturated rings. The van der Waals surface area contributed by atoms with Crippen LogP contribution in [0.3, 0.4) is 0 Å². The van der Waals surface area contributed by atoms with E-state index in [0.29, 0.717) is 30.9 Å². The van der Waals surface area contributed by atoms with Gasteiger partial charge in [-0.15, -0.1) is 0 Å². The van der Waals surface area contributed by atoms with E-state index in [1.54, 1.807) is 36.8 Å². The number of aryl methyl sites for hydroxylation is 2. The normalized spacial score (nSPS) is 10.7. The van der Waals surface area contributed by atoms with Gasteiger partial charge >= 0.3 is 5.97 Å². The van der Waals surface area contributed by atoms with Crippen molar-refractivity contribution in [1.29, 1.82) is 0 Å². The smallest absolute Gasteiger partial charge is 0.303 e. The van der Waals surface area contributed by atoms with Crippen LogP contribution in [0.4, 0.5) is 0 Å². The molecule has 4 rings (SSSR count). The number of benzene rings is 1. The average molecular weight is 486 g/mol. The second-order valence-electron chi connectivity index (χ2n) is 8.21. The summed E-state index contributed by atoms with van der Waals surface area (Å²) in [6.07, 6.45) is 5.98. The Kier molecular flexibility index (Phi) is 8.02. The highest BCUT2D eigenvalue weighted by atomic mass is 16.5. The molecule has 0 aliphatic rings. The molecule has 0 spiro atoms. The zero-order chi connectivity index (χ0) is 25.3. The van der Waals surface area contributed by atoms with Crippen LogP contribution >= 0.6 is 0 Å². The van der Waals surface area contributed by atoms with Crippen molar-refractivity contribution in [3.05, 3.63) is 95.3 Å². The van der Waals surface area contributed by atoms with Gasteiger partial charge in [-0.1, -0.05) is 12.1 Å². The van der Waals surface area contributed by atoms with Crippen LogP contribution in [0.2, 0.25) is 0 Å². The Morgan fingerprint density at radius 3 is 2.61 bits per heavy atom. The summed E-state index contributed by atoms with van der Waals surface area (Å²) < 4.78 is 5.99. The third-order valence-electron chi connectivity index (χ3n) is 5.67. The fraction of sp³-hybridized carbons (Fsp3) is 0.222. The number of carbonyl (C=O) groups excluding carboxylic acids is 1. The first kappa shape index (κ1) is 24.6. The molecule has 3 heterocycles. The molecule has 0 bridgehead atoms. The van der Waals surface area contributed by atoms with E-state index in [9.17, 15) is 9.59 Å². The van der Waals surface area contributed by atoms with Crippen LogP contribution in [0.1, 0.15) is 39.4 Å². The number of H-pyrrole nitrogens is 1. The number of nitrogens with one attached hydrogen (secondary N) is 2. The van der Waals surface area contributed by atoms with Crippen molar-refractivity contribution in [3.63, 3.8) is 0 Å². The van der Waals surface area contributed by atoms with Crippen molar-refractivity contribution in [2.24, 2.45) is 0 Å². The first-order chi connectivity index (χ1) is 17.5. The molecule has 4 aromatic rings. The number of aromatic amines is 1. The minimum atomic E-state index is -0.876. The molecule has 0 atom stereocenters. The molecular formula is C27H27N5O4. The number of carbonyl (C=O) groups is 2. The number of imidazole rings is 1. The molecular weight excluding hydrogens is 458 g/mol. The van der Waals surface area contributed by atoms with Gasteiger partial charge in [0.05, 0.1) is 12.3 Å². The molecule has 0 radical (unpaired) electrons. The summed E-state index contributed by atoms with van der Waals surface area (Å²) in [5.74, 6) is 0.252. The van der Waals surface area contributed by atoms with E-state index < -0.39 is 5.97 Å². The molecule has 0 aliphatic heterocycles. The Morgan fingerprint density at radius 2 is 1.86 bits per heavy atom. The number of carboxylic acids is 1. The summed E-state index contributed by atoms with van der Waals surface area (Å²) in [6, 6.07) is 14.4. The molecule has 36 heavy (non-hydrogen) atoms. The van der Waals surface area contributed by atoms with Crippen LogP contribution in [0, 0.1) is 6.92 Å². The van der Waals surface area contributed by atoms with Crippen LogP contribution in [0.25, 0.3) is 11.4 Å². The van der Waals surface area contributed by atoms with Gasteiger partial charge < -0.3 is 20.1 Å². The first-order valence-corrected chi connectivity index (χ1v) is 11.6. The number of rotatable bonds is 11. The van der Waals surface area contributed by atoms with E-state index in [2.05, 4.69) is 25.3 Å². The van der Waals surface area contributed by atoms with Crippen molar-refractivity contribution < 1.29 is 19.4 Å². The third-order valence-corrected chi connectivity index (χ3v) is 5.67. The molecule has 3 N–H and O–H groups in total. The molecule has 9 nitrogen and oxygen atoms in total. The van der Waals surface area contributed by atoms with Gasteiger partial charge in [-0.25, -0.2) is 4.98 Å². The van der Waals surface area contributed by atoms with E-state index in [-0.39, 0.29) is 18.9 Å². The molecule has 1 amide bonds. The van der Waals surface area contributed by atoms with Crippen LogP contribution in [0.5, 0.6) is 5.75 Å². The maximum Gasteiger partial charge on any atom is 0.303 e. The number of hydrogen-bond donors (Lipinski definition) is 3. The Bertz CT molecular complexity index is 1320. The Hall–Kier alpha value is -4.53. The fourth-order valence-corrected chi connectivity index (χ4v) is 3.76. The van der Waals surface area contributed by atoms with Gasteiger partial charge in [-0.2, -0.15) is 0 Å². The van der Waals surface area contributed by atoms with E-state index >= 15 is 0 Å². The summed E-state index contributed by atoms with van der Waals surface area (Å²) in [4.78, 5) is 39.6. The highest BCUT2D eigenvalue weighted by molar-refractivity contribution is 5.92. The van der Waals surface area contributed by atoms with Gasteiger partial charge in [0.1, 0.15) is 17.3 Å². The van der Waals surface area contributed by atoms with E-state index in [0.717, 1.165) is 33.9 Å². The number of pyridine rings is 2. The minimum Gasteiger partial charge on any atom is -0.493 e. The van der Waals surface area contributed by atoms with E-state index in [1.165, 1.54) is 0 Å². The lowest BCUT2D eigenvalue weighted by molar-refractivity contribution is -0.136. The summed E-state index contributed by atoms with van der Waals surface area (Å²) >= 11 is 0. The first-order valence-electron chi connectivity index (χ1n) is 11.6. The minimum absolute atomic E-state index is 0.000360. The summed E-state index contributed by atoms with van der Waals surface area (Å²) in [5.41, 5.74) is 4.83. The number of carboxylic acid groups (broad SMARTS) is 1. The maximum absolute atomic E-state index is 12.4. The lowest BCUT2D eigenvalue weighted by atomic mass is 10.0. The number of aliphatic carboxylic acids is 1.